The average molecular weight is 246 g/mol. The number of hydrogen-bond donors (Lipinski definition) is 2. The van der Waals surface area contributed by atoms with Gasteiger partial charge in [-0.2, -0.15) is 0 Å². The summed E-state index contributed by atoms with van der Waals surface area (Å²) in [5.41, 5.74) is 5.20. The zero-order chi connectivity index (χ0) is 12.3. The van der Waals surface area contributed by atoms with E-state index in [1.807, 2.05) is 0 Å². The van der Waals surface area contributed by atoms with E-state index >= 15 is 0 Å². The summed E-state index contributed by atoms with van der Waals surface area (Å²) in [4.78, 5) is 10.2. The van der Waals surface area contributed by atoms with Gasteiger partial charge in [0.05, 0.1) is 0 Å². The summed E-state index contributed by atoms with van der Waals surface area (Å²) in [7, 11) is -3.78. The maximum atomic E-state index is 13.4. The molecule has 88 valence electrons. The Morgan fingerprint density at radius 2 is 2.12 bits per heavy atom. The van der Waals surface area contributed by atoms with Crippen molar-refractivity contribution in [3.8, 4) is 0 Å². The van der Waals surface area contributed by atoms with Crippen LogP contribution >= 0.6 is 0 Å². The van der Waals surface area contributed by atoms with Crippen molar-refractivity contribution in [1.29, 1.82) is 0 Å². The van der Waals surface area contributed by atoms with Crippen molar-refractivity contribution in [2.45, 2.75) is 11.8 Å². The minimum atomic E-state index is -3.78. The molecule has 16 heavy (non-hydrogen) atoms. The highest BCUT2D eigenvalue weighted by atomic mass is 32.2. The van der Waals surface area contributed by atoms with Crippen molar-refractivity contribution in [3.05, 3.63) is 24.0 Å². The van der Waals surface area contributed by atoms with Crippen molar-refractivity contribution < 1.29 is 17.6 Å². The molecule has 0 unspecified atom stereocenters. The molecule has 0 saturated heterocycles. The number of nitrogens with two attached hydrogens (primary N) is 1. The lowest BCUT2D eigenvalue weighted by atomic mass is 10.3. The molecule has 1 aromatic rings. The van der Waals surface area contributed by atoms with Crippen LogP contribution in [0.2, 0.25) is 0 Å². The molecule has 1 rings (SSSR count). The standard InChI is InChI=1S/C9H11FN2O3S/c1-6(13)12-7-2-3-9(8(10)4-7)16(14,15)5-11/h2-4H,5,11H2,1H3,(H,12,13). The molecule has 0 bridgehead atoms. The topological polar surface area (TPSA) is 89.3 Å². The lowest BCUT2D eigenvalue weighted by Crippen LogP contribution is -2.16. The molecule has 1 aromatic carbocycles. The predicted molar refractivity (Wildman–Crippen MR) is 56.9 cm³/mol. The van der Waals surface area contributed by atoms with Crippen LogP contribution in [-0.2, 0) is 14.6 Å². The van der Waals surface area contributed by atoms with Crippen LogP contribution in [0.5, 0.6) is 0 Å². The Labute approximate surface area is 92.4 Å². The quantitative estimate of drug-likeness (QED) is 0.811. The molecule has 0 aliphatic heterocycles. The largest absolute Gasteiger partial charge is 0.326 e. The third-order valence-corrected chi connectivity index (χ3v) is 3.25. The van der Waals surface area contributed by atoms with Crippen molar-refractivity contribution >= 4 is 21.4 Å². The van der Waals surface area contributed by atoms with E-state index in [2.05, 4.69) is 5.32 Å². The lowest BCUT2D eigenvalue weighted by molar-refractivity contribution is -0.114. The molecule has 1 amide bonds. The van der Waals surface area contributed by atoms with Gasteiger partial charge in [-0.3, -0.25) is 4.79 Å². The Morgan fingerprint density at radius 1 is 1.50 bits per heavy atom. The van der Waals surface area contributed by atoms with Crippen LogP contribution in [0.3, 0.4) is 0 Å². The minimum absolute atomic E-state index is 0.195. The Balaban J connectivity index is 3.15. The first-order chi connectivity index (χ1) is 7.36. The summed E-state index contributed by atoms with van der Waals surface area (Å²) >= 11 is 0. The highest BCUT2D eigenvalue weighted by Crippen LogP contribution is 2.19. The fraction of sp³-hybridized carbons (Fsp3) is 0.222. The van der Waals surface area contributed by atoms with Crippen LogP contribution in [0.25, 0.3) is 0 Å². The van der Waals surface area contributed by atoms with Gasteiger partial charge in [0, 0.05) is 12.6 Å². The molecule has 0 fully saturated rings. The summed E-state index contributed by atoms with van der Waals surface area (Å²) in [6, 6.07) is 3.31. The van der Waals surface area contributed by atoms with E-state index < -0.39 is 26.4 Å². The number of benzene rings is 1. The number of sulfone groups is 1. The predicted octanol–water partition coefficient (Wildman–Crippen LogP) is 0.474. The molecular weight excluding hydrogens is 235 g/mol. The second-order valence-electron chi connectivity index (χ2n) is 3.11. The lowest BCUT2D eigenvalue weighted by Gasteiger charge is -2.06. The average Bonchev–Trinajstić information content (AvgIpc) is 2.16. The van der Waals surface area contributed by atoms with Gasteiger partial charge in [0.2, 0.25) is 5.91 Å². The summed E-state index contributed by atoms with van der Waals surface area (Å²) in [6.07, 6.45) is 0. The van der Waals surface area contributed by atoms with Crippen LogP contribution < -0.4 is 11.1 Å². The highest BCUT2D eigenvalue weighted by Gasteiger charge is 2.17. The van der Waals surface area contributed by atoms with Gasteiger partial charge in [-0.1, -0.05) is 0 Å². The molecule has 3 N–H and O–H groups in total. The van der Waals surface area contributed by atoms with E-state index in [-0.39, 0.29) is 11.6 Å². The van der Waals surface area contributed by atoms with Gasteiger partial charge < -0.3 is 11.1 Å². The van der Waals surface area contributed by atoms with Gasteiger partial charge in [0.1, 0.15) is 16.6 Å². The van der Waals surface area contributed by atoms with E-state index in [4.69, 9.17) is 5.73 Å². The van der Waals surface area contributed by atoms with E-state index in [0.29, 0.717) is 0 Å². The van der Waals surface area contributed by atoms with Crippen molar-refractivity contribution in [2.24, 2.45) is 5.73 Å². The van der Waals surface area contributed by atoms with Crippen LogP contribution in [0.4, 0.5) is 10.1 Å². The second-order valence-corrected chi connectivity index (χ2v) is 5.11. The number of carbonyl (C=O) groups is 1. The number of anilines is 1. The number of rotatable bonds is 3. The molecule has 0 atom stereocenters. The summed E-state index contributed by atoms with van der Waals surface area (Å²) in [5.74, 6) is -1.96. The number of halogens is 1. The van der Waals surface area contributed by atoms with E-state index in [9.17, 15) is 17.6 Å². The fourth-order valence-corrected chi connectivity index (χ4v) is 1.93. The second kappa shape index (κ2) is 4.58. The van der Waals surface area contributed by atoms with Gasteiger partial charge in [-0.05, 0) is 18.2 Å². The summed E-state index contributed by atoms with van der Waals surface area (Å²) < 4.78 is 36.0. The maximum Gasteiger partial charge on any atom is 0.221 e. The SMILES string of the molecule is CC(=O)Nc1ccc(S(=O)(=O)CN)c(F)c1. The molecule has 0 aliphatic carbocycles. The number of amides is 1. The molecule has 0 spiro atoms. The minimum Gasteiger partial charge on any atom is -0.326 e. The number of carbonyl (C=O) groups excluding carboxylic acids is 1. The molecular formula is C9H11FN2O3S. The van der Waals surface area contributed by atoms with E-state index in [1.165, 1.54) is 13.0 Å². The molecule has 0 saturated carbocycles. The van der Waals surface area contributed by atoms with Crippen LogP contribution in [0.15, 0.2) is 23.1 Å². The Morgan fingerprint density at radius 3 is 2.56 bits per heavy atom. The zero-order valence-electron chi connectivity index (χ0n) is 8.53. The number of hydrogen-bond acceptors (Lipinski definition) is 4. The maximum absolute atomic E-state index is 13.4. The molecule has 7 heteroatoms. The monoisotopic (exact) mass is 246 g/mol. The first-order valence-corrected chi connectivity index (χ1v) is 6.02. The molecule has 0 heterocycles. The molecule has 0 aliphatic rings. The molecule has 0 radical (unpaired) electrons. The third kappa shape index (κ3) is 2.77. The van der Waals surface area contributed by atoms with Crippen molar-refractivity contribution in [2.75, 3.05) is 11.2 Å². The van der Waals surface area contributed by atoms with Crippen LogP contribution in [0.1, 0.15) is 6.92 Å². The zero-order valence-corrected chi connectivity index (χ0v) is 9.34. The summed E-state index contributed by atoms with van der Waals surface area (Å²) in [5, 5.41) is 2.34. The highest BCUT2D eigenvalue weighted by molar-refractivity contribution is 7.91. The van der Waals surface area contributed by atoms with Crippen molar-refractivity contribution in [3.63, 3.8) is 0 Å². The normalized spacial score (nSPS) is 11.2. The summed E-state index contributed by atoms with van der Waals surface area (Å²) in [6.45, 7) is 1.27. The van der Waals surface area contributed by atoms with Gasteiger partial charge in [-0.25, -0.2) is 12.8 Å². The Bertz CT molecular complexity index is 513. The first-order valence-electron chi connectivity index (χ1n) is 4.37. The van der Waals surface area contributed by atoms with E-state index in [0.717, 1.165) is 12.1 Å². The van der Waals surface area contributed by atoms with Crippen LogP contribution in [0, 0.1) is 5.82 Å². The molecule has 5 nitrogen and oxygen atoms in total. The smallest absolute Gasteiger partial charge is 0.221 e. The Hall–Kier alpha value is -1.47. The van der Waals surface area contributed by atoms with Gasteiger partial charge >= 0.3 is 0 Å². The molecule has 0 aromatic heterocycles. The fourth-order valence-electron chi connectivity index (χ4n) is 1.12. The van der Waals surface area contributed by atoms with Gasteiger partial charge in [0.15, 0.2) is 9.84 Å². The van der Waals surface area contributed by atoms with Crippen molar-refractivity contribution in [1.82, 2.24) is 0 Å². The first kappa shape index (κ1) is 12.6. The number of nitrogens with one attached hydrogen (secondary N) is 1. The van der Waals surface area contributed by atoms with Gasteiger partial charge in [-0.15, -0.1) is 0 Å². The third-order valence-electron chi connectivity index (χ3n) is 1.81. The Kier molecular flexibility index (Phi) is 3.61. The van der Waals surface area contributed by atoms with Gasteiger partial charge in [0.25, 0.3) is 0 Å². The van der Waals surface area contributed by atoms with Crippen LogP contribution in [-0.4, -0.2) is 20.2 Å². The van der Waals surface area contributed by atoms with E-state index in [1.54, 1.807) is 0 Å².